The van der Waals surface area contributed by atoms with Gasteiger partial charge in [-0.3, -0.25) is 0 Å². The molecule has 0 N–H and O–H groups in total. The third-order valence-electron chi connectivity index (χ3n) is 4.83. The van der Waals surface area contributed by atoms with Crippen LogP contribution in [0, 0.1) is 18.8 Å². The molecule has 0 aliphatic heterocycles. The van der Waals surface area contributed by atoms with Crippen LogP contribution in [-0.2, 0) is 0 Å². The Morgan fingerprint density at radius 1 is 1.20 bits per heavy atom. The van der Waals surface area contributed by atoms with Crippen LogP contribution in [-0.4, -0.2) is 0 Å². The normalized spacial score (nSPS) is 25.4. The van der Waals surface area contributed by atoms with Crippen LogP contribution in [0.2, 0.25) is 0 Å². The molecular formula is C20H24. The molecule has 0 heteroatoms. The molecule has 0 spiro atoms. The highest BCUT2D eigenvalue weighted by Gasteiger charge is 2.32. The number of aryl methyl sites for hydroxylation is 1. The van der Waals surface area contributed by atoms with E-state index < -0.39 is 0 Å². The van der Waals surface area contributed by atoms with Gasteiger partial charge in [-0.25, -0.2) is 0 Å². The van der Waals surface area contributed by atoms with Crippen molar-refractivity contribution in [1.29, 1.82) is 0 Å². The minimum Gasteiger partial charge on any atom is -0.103 e. The average Bonchev–Trinajstić information content (AvgIpc) is 3.09. The number of allylic oxidation sites excluding steroid dienone is 5. The third-order valence-corrected chi connectivity index (χ3v) is 4.83. The lowest BCUT2D eigenvalue weighted by Crippen LogP contribution is -2.12. The van der Waals surface area contributed by atoms with Gasteiger partial charge in [0.15, 0.2) is 0 Å². The fourth-order valence-electron chi connectivity index (χ4n) is 3.78. The Morgan fingerprint density at radius 2 is 2.00 bits per heavy atom. The Balaban J connectivity index is 1.87. The van der Waals surface area contributed by atoms with Crippen molar-refractivity contribution in [2.24, 2.45) is 11.8 Å². The number of hydrogen-bond donors (Lipinski definition) is 0. The largest absolute Gasteiger partial charge is 0.103 e. The van der Waals surface area contributed by atoms with Crippen LogP contribution >= 0.6 is 0 Å². The zero-order chi connectivity index (χ0) is 13.9. The predicted molar refractivity (Wildman–Crippen MR) is 87.5 cm³/mol. The van der Waals surface area contributed by atoms with E-state index in [1.54, 1.807) is 11.1 Å². The van der Waals surface area contributed by atoms with E-state index in [1.165, 1.54) is 36.8 Å². The molecule has 0 nitrogen and oxygen atoms in total. The first-order valence-corrected chi connectivity index (χ1v) is 7.86. The van der Waals surface area contributed by atoms with Gasteiger partial charge in [0.2, 0.25) is 0 Å². The van der Waals surface area contributed by atoms with Gasteiger partial charge >= 0.3 is 0 Å². The van der Waals surface area contributed by atoms with E-state index >= 15 is 0 Å². The standard InChI is InChI=1S/C20H24/c1-3-6-20-18(16-7-4-5-8-16)13-14-19(20)17-11-9-15(2)10-12-17/h3,7,9-12,14,18,20H,1,4-6,8,13H2,2H3. The molecule has 0 saturated carbocycles. The molecule has 0 heterocycles. The number of hydrogen-bond acceptors (Lipinski definition) is 0. The predicted octanol–water partition coefficient (Wildman–Crippen LogP) is 5.70. The second-order valence-electron chi connectivity index (χ2n) is 6.17. The lowest BCUT2D eigenvalue weighted by atomic mass is 9.81. The molecule has 2 aliphatic carbocycles. The molecule has 0 fully saturated rings. The van der Waals surface area contributed by atoms with Crippen LogP contribution < -0.4 is 0 Å². The molecule has 0 saturated heterocycles. The summed E-state index contributed by atoms with van der Waals surface area (Å²) in [5, 5.41) is 0. The first kappa shape index (κ1) is 13.4. The van der Waals surface area contributed by atoms with Gasteiger partial charge in [-0.05, 0) is 62.0 Å². The highest BCUT2D eigenvalue weighted by molar-refractivity contribution is 5.70. The molecule has 0 radical (unpaired) electrons. The average molecular weight is 264 g/mol. The van der Waals surface area contributed by atoms with Crippen LogP contribution in [0.1, 0.15) is 43.2 Å². The van der Waals surface area contributed by atoms with Gasteiger partial charge in [-0.2, -0.15) is 0 Å². The summed E-state index contributed by atoms with van der Waals surface area (Å²) in [6.07, 6.45) is 13.3. The summed E-state index contributed by atoms with van der Waals surface area (Å²) < 4.78 is 0. The van der Waals surface area contributed by atoms with Gasteiger partial charge in [-0.1, -0.05) is 53.6 Å². The van der Waals surface area contributed by atoms with Crippen LogP contribution in [0.5, 0.6) is 0 Å². The lowest BCUT2D eigenvalue weighted by molar-refractivity contribution is 0.490. The molecular weight excluding hydrogens is 240 g/mol. The fourth-order valence-corrected chi connectivity index (χ4v) is 3.78. The monoisotopic (exact) mass is 264 g/mol. The third kappa shape index (κ3) is 2.52. The van der Waals surface area contributed by atoms with Crippen molar-refractivity contribution < 1.29 is 0 Å². The molecule has 0 amide bonds. The maximum absolute atomic E-state index is 3.98. The molecule has 1 aromatic rings. The number of rotatable bonds is 4. The Labute approximate surface area is 122 Å². The topological polar surface area (TPSA) is 0 Å². The summed E-state index contributed by atoms with van der Waals surface area (Å²) in [7, 11) is 0. The van der Waals surface area contributed by atoms with Gasteiger partial charge < -0.3 is 0 Å². The van der Waals surface area contributed by atoms with Gasteiger partial charge in [0.1, 0.15) is 0 Å². The van der Waals surface area contributed by atoms with Crippen LogP contribution in [0.15, 0.2) is 54.6 Å². The van der Waals surface area contributed by atoms with Crippen molar-refractivity contribution in [3.63, 3.8) is 0 Å². The first-order valence-electron chi connectivity index (χ1n) is 7.86. The summed E-state index contributed by atoms with van der Waals surface area (Å²) in [6.45, 7) is 6.13. The maximum atomic E-state index is 3.98. The van der Waals surface area contributed by atoms with Crippen molar-refractivity contribution >= 4 is 5.57 Å². The molecule has 104 valence electrons. The maximum Gasteiger partial charge on any atom is -0.00561 e. The van der Waals surface area contributed by atoms with Crippen molar-refractivity contribution in [3.8, 4) is 0 Å². The Hall–Kier alpha value is -1.56. The highest BCUT2D eigenvalue weighted by atomic mass is 14.4. The first-order chi connectivity index (χ1) is 9.79. The van der Waals surface area contributed by atoms with E-state index in [2.05, 4.69) is 56.0 Å². The summed E-state index contributed by atoms with van der Waals surface area (Å²) in [4.78, 5) is 0. The fraction of sp³-hybridized carbons (Fsp3) is 0.400. The highest BCUT2D eigenvalue weighted by Crippen LogP contribution is 2.46. The summed E-state index contributed by atoms with van der Waals surface area (Å²) in [5.41, 5.74) is 5.99. The summed E-state index contributed by atoms with van der Waals surface area (Å²) >= 11 is 0. The zero-order valence-electron chi connectivity index (χ0n) is 12.4. The molecule has 20 heavy (non-hydrogen) atoms. The van der Waals surface area contributed by atoms with Gasteiger partial charge in [-0.15, -0.1) is 6.58 Å². The molecule has 3 rings (SSSR count). The molecule has 2 aliphatic rings. The van der Waals surface area contributed by atoms with Gasteiger partial charge in [0, 0.05) is 0 Å². The van der Waals surface area contributed by atoms with E-state index in [-0.39, 0.29) is 0 Å². The minimum atomic E-state index is 0.638. The molecule has 1 aromatic carbocycles. The van der Waals surface area contributed by atoms with Crippen molar-refractivity contribution in [2.75, 3.05) is 0 Å². The van der Waals surface area contributed by atoms with Gasteiger partial charge in [0.05, 0.1) is 0 Å². The quantitative estimate of drug-likeness (QED) is 0.612. The summed E-state index contributed by atoms with van der Waals surface area (Å²) in [6, 6.07) is 9.01. The molecule has 0 aromatic heterocycles. The minimum absolute atomic E-state index is 0.638. The lowest BCUT2D eigenvalue weighted by Gasteiger charge is -2.23. The van der Waals surface area contributed by atoms with Gasteiger partial charge in [0.25, 0.3) is 0 Å². The Morgan fingerprint density at radius 3 is 2.65 bits per heavy atom. The Kier molecular flexibility index (Phi) is 3.91. The van der Waals surface area contributed by atoms with E-state index in [0.29, 0.717) is 5.92 Å². The van der Waals surface area contributed by atoms with E-state index in [4.69, 9.17) is 0 Å². The van der Waals surface area contributed by atoms with Crippen LogP contribution in [0.25, 0.3) is 5.57 Å². The second kappa shape index (κ2) is 5.83. The van der Waals surface area contributed by atoms with Crippen molar-refractivity contribution in [2.45, 2.75) is 39.0 Å². The van der Waals surface area contributed by atoms with Crippen molar-refractivity contribution in [1.82, 2.24) is 0 Å². The smallest absolute Gasteiger partial charge is 0.00561 e. The van der Waals surface area contributed by atoms with Crippen molar-refractivity contribution in [3.05, 3.63) is 65.8 Å². The van der Waals surface area contributed by atoms with E-state index in [1.807, 2.05) is 0 Å². The van der Waals surface area contributed by atoms with Crippen LogP contribution in [0.4, 0.5) is 0 Å². The van der Waals surface area contributed by atoms with Crippen LogP contribution in [0.3, 0.4) is 0 Å². The number of benzene rings is 1. The second-order valence-corrected chi connectivity index (χ2v) is 6.17. The Bertz CT molecular complexity index is 542. The SMILES string of the molecule is C=CCC1C(c2ccc(C)cc2)=CCC1C1=CCCC1. The zero-order valence-corrected chi connectivity index (χ0v) is 12.4. The van der Waals surface area contributed by atoms with E-state index in [0.717, 1.165) is 12.3 Å². The molecule has 2 unspecified atom stereocenters. The summed E-state index contributed by atoms with van der Waals surface area (Å²) in [5.74, 6) is 1.37. The molecule has 2 atom stereocenters. The van der Waals surface area contributed by atoms with E-state index in [9.17, 15) is 0 Å². The molecule has 0 bridgehead atoms.